The summed E-state index contributed by atoms with van der Waals surface area (Å²) in [6, 6.07) is 15.2. The van der Waals surface area contributed by atoms with Crippen molar-refractivity contribution in [2.75, 3.05) is 11.9 Å². The van der Waals surface area contributed by atoms with Crippen molar-refractivity contribution in [3.8, 4) is 5.75 Å². The third-order valence-electron chi connectivity index (χ3n) is 3.98. The fourth-order valence-corrected chi connectivity index (χ4v) is 2.87. The van der Waals surface area contributed by atoms with E-state index in [0.717, 1.165) is 25.1 Å². The van der Waals surface area contributed by atoms with Crippen LogP contribution >= 0.6 is 0 Å². The molecule has 1 aliphatic heterocycles. The molecular weight excluding hydrogens is 258 g/mol. The molecule has 0 saturated carbocycles. The molecule has 0 aliphatic carbocycles. The Morgan fingerprint density at radius 3 is 2.71 bits per heavy atom. The number of benzene rings is 2. The van der Waals surface area contributed by atoms with E-state index < -0.39 is 0 Å². The van der Waals surface area contributed by atoms with Crippen LogP contribution < -0.4 is 10.1 Å². The molecule has 1 N–H and O–H groups in total. The lowest BCUT2D eigenvalue weighted by molar-refractivity contribution is 0.246. The van der Waals surface area contributed by atoms with Crippen LogP contribution in [0.15, 0.2) is 42.5 Å². The molecule has 2 heteroatoms. The number of anilines is 1. The van der Waals surface area contributed by atoms with E-state index in [1.807, 2.05) is 0 Å². The van der Waals surface area contributed by atoms with Crippen LogP contribution in [-0.4, -0.2) is 12.6 Å². The molecule has 0 amide bonds. The van der Waals surface area contributed by atoms with E-state index in [2.05, 4.69) is 61.6 Å². The minimum absolute atomic E-state index is 0.233. The van der Waals surface area contributed by atoms with E-state index in [-0.39, 0.29) is 6.10 Å². The van der Waals surface area contributed by atoms with Gasteiger partial charge in [-0.1, -0.05) is 43.2 Å². The van der Waals surface area contributed by atoms with Gasteiger partial charge >= 0.3 is 0 Å². The predicted molar refractivity (Wildman–Crippen MR) is 88.2 cm³/mol. The van der Waals surface area contributed by atoms with Crippen molar-refractivity contribution in [3.63, 3.8) is 0 Å². The highest BCUT2D eigenvalue weighted by molar-refractivity contribution is 5.46. The van der Waals surface area contributed by atoms with Crippen molar-refractivity contribution in [2.24, 2.45) is 0 Å². The van der Waals surface area contributed by atoms with Gasteiger partial charge in [0.25, 0.3) is 0 Å². The normalized spacial score (nSPS) is 16.4. The fraction of sp³-hybridized carbons (Fsp3) is 0.368. The van der Waals surface area contributed by atoms with Crippen LogP contribution in [0.1, 0.15) is 30.0 Å². The Kier molecular flexibility index (Phi) is 4.14. The van der Waals surface area contributed by atoms with Crippen LogP contribution in [0.5, 0.6) is 5.75 Å². The fourth-order valence-electron chi connectivity index (χ4n) is 2.87. The highest BCUT2D eigenvalue weighted by atomic mass is 16.5. The minimum atomic E-state index is 0.233. The number of nitrogens with one attached hydrogen (secondary N) is 1. The third kappa shape index (κ3) is 3.38. The summed E-state index contributed by atoms with van der Waals surface area (Å²) in [5.74, 6) is 1.05. The van der Waals surface area contributed by atoms with Crippen LogP contribution in [0.2, 0.25) is 0 Å². The number of fused-ring (bicyclic) bond motifs is 1. The molecule has 1 unspecified atom stereocenters. The Morgan fingerprint density at radius 2 is 1.95 bits per heavy atom. The summed E-state index contributed by atoms with van der Waals surface area (Å²) in [5, 5.41) is 3.48. The summed E-state index contributed by atoms with van der Waals surface area (Å²) >= 11 is 0. The summed E-state index contributed by atoms with van der Waals surface area (Å²) in [6.45, 7) is 5.19. The maximum Gasteiger partial charge on any atom is 0.123 e. The van der Waals surface area contributed by atoms with Gasteiger partial charge in [-0.3, -0.25) is 0 Å². The minimum Gasteiger partial charge on any atom is -0.488 e. The van der Waals surface area contributed by atoms with E-state index in [0.29, 0.717) is 0 Å². The lowest BCUT2D eigenvalue weighted by atomic mass is 10.1. The van der Waals surface area contributed by atoms with Gasteiger partial charge in [0.05, 0.1) is 6.54 Å². The smallest absolute Gasteiger partial charge is 0.123 e. The van der Waals surface area contributed by atoms with Crippen molar-refractivity contribution in [2.45, 2.75) is 39.2 Å². The van der Waals surface area contributed by atoms with E-state index in [9.17, 15) is 0 Å². The molecule has 0 spiro atoms. The first-order chi connectivity index (χ1) is 10.2. The Hall–Kier alpha value is -1.96. The number of hydrogen-bond acceptors (Lipinski definition) is 2. The summed E-state index contributed by atoms with van der Waals surface area (Å²) in [5.41, 5.74) is 5.21. The van der Waals surface area contributed by atoms with Gasteiger partial charge in [-0.05, 0) is 42.7 Å². The molecule has 0 saturated heterocycles. The Bertz CT molecular complexity index is 603. The first-order valence-electron chi connectivity index (χ1n) is 7.83. The van der Waals surface area contributed by atoms with E-state index in [4.69, 9.17) is 4.74 Å². The summed E-state index contributed by atoms with van der Waals surface area (Å²) in [7, 11) is 0. The standard InChI is InChI=1S/C19H23NO/c1-3-4-15-6-8-17(9-7-15)20-13-18-12-16-11-14(2)5-10-19(16)21-18/h5-11,18,20H,3-4,12-13H2,1-2H3. The van der Waals surface area contributed by atoms with Gasteiger partial charge in [0.15, 0.2) is 0 Å². The monoisotopic (exact) mass is 281 g/mol. The molecule has 0 fully saturated rings. The topological polar surface area (TPSA) is 21.3 Å². The van der Waals surface area contributed by atoms with Crippen molar-refractivity contribution in [1.82, 2.24) is 0 Å². The first kappa shape index (κ1) is 14.0. The Morgan fingerprint density at radius 1 is 1.14 bits per heavy atom. The molecule has 3 rings (SSSR count). The van der Waals surface area contributed by atoms with Crippen molar-refractivity contribution in [1.29, 1.82) is 0 Å². The molecule has 0 bridgehead atoms. The molecule has 21 heavy (non-hydrogen) atoms. The maximum atomic E-state index is 5.98. The zero-order valence-electron chi connectivity index (χ0n) is 12.9. The number of aryl methyl sites for hydroxylation is 2. The molecule has 1 heterocycles. The van der Waals surface area contributed by atoms with Crippen molar-refractivity contribution < 1.29 is 4.74 Å². The lowest BCUT2D eigenvalue weighted by Gasteiger charge is -2.13. The molecule has 110 valence electrons. The molecule has 0 radical (unpaired) electrons. The van der Waals surface area contributed by atoms with Crippen LogP contribution in [0.25, 0.3) is 0 Å². The highest BCUT2D eigenvalue weighted by Crippen LogP contribution is 2.29. The molecule has 1 atom stereocenters. The SMILES string of the molecule is CCCc1ccc(NCC2Cc3cc(C)ccc3O2)cc1. The zero-order chi connectivity index (χ0) is 14.7. The molecular formula is C19H23NO. The van der Waals surface area contributed by atoms with Gasteiger partial charge in [0, 0.05) is 12.1 Å². The number of hydrogen-bond donors (Lipinski definition) is 1. The van der Waals surface area contributed by atoms with Crippen molar-refractivity contribution >= 4 is 5.69 Å². The highest BCUT2D eigenvalue weighted by Gasteiger charge is 2.22. The largest absolute Gasteiger partial charge is 0.488 e. The van der Waals surface area contributed by atoms with E-state index in [1.54, 1.807) is 0 Å². The second-order valence-corrected chi connectivity index (χ2v) is 5.88. The van der Waals surface area contributed by atoms with E-state index >= 15 is 0 Å². The van der Waals surface area contributed by atoms with Crippen LogP contribution in [0.4, 0.5) is 5.69 Å². The number of rotatable bonds is 5. The molecule has 0 aromatic heterocycles. The van der Waals surface area contributed by atoms with Gasteiger partial charge in [0.1, 0.15) is 11.9 Å². The predicted octanol–water partition coefficient (Wildman–Crippen LogP) is 4.36. The van der Waals surface area contributed by atoms with Crippen molar-refractivity contribution in [3.05, 3.63) is 59.2 Å². The second kappa shape index (κ2) is 6.21. The first-order valence-corrected chi connectivity index (χ1v) is 7.83. The maximum absolute atomic E-state index is 5.98. The van der Waals surface area contributed by atoms with Crippen LogP contribution in [0.3, 0.4) is 0 Å². The van der Waals surface area contributed by atoms with Gasteiger partial charge < -0.3 is 10.1 Å². The van der Waals surface area contributed by atoms with Crippen LogP contribution in [-0.2, 0) is 12.8 Å². The Balaban J connectivity index is 1.55. The van der Waals surface area contributed by atoms with Gasteiger partial charge in [-0.25, -0.2) is 0 Å². The van der Waals surface area contributed by atoms with Crippen LogP contribution in [0, 0.1) is 6.92 Å². The lowest BCUT2D eigenvalue weighted by Crippen LogP contribution is -2.23. The summed E-state index contributed by atoms with van der Waals surface area (Å²) in [6.07, 6.45) is 3.58. The van der Waals surface area contributed by atoms with Gasteiger partial charge in [0.2, 0.25) is 0 Å². The Labute approximate surface area is 127 Å². The zero-order valence-corrected chi connectivity index (χ0v) is 12.9. The third-order valence-corrected chi connectivity index (χ3v) is 3.98. The molecule has 2 aromatic carbocycles. The average Bonchev–Trinajstić information content (AvgIpc) is 2.89. The molecule has 1 aliphatic rings. The van der Waals surface area contributed by atoms with E-state index in [1.165, 1.54) is 28.8 Å². The molecule has 2 aromatic rings. The summed E-state index contributed by atoms with van der Waals surface area (Å²) in [4.78, 5) is 0. The van der Waals surface area contributed by atoms with Gasteiger partial charge in [-0.15, -0.1) is 0 Å². The van der Waals surface area contributed by atoms with Gasteiger partial charge in [-0.2, -0.15) is 0 Å². The number of ether oxygens (including phenoxy) is 1. The average molecular weight is 281 g/mol. The quantitative estimate of drug-likeness (QED) is 0.879. The second-order valence-electron chi connectivity index (χ2n) is 5.88. The summed E-state index contributed by atoms with van der Waals surface area (Å²) < 4.78 is 5.98. The molecule has 2 nitrogen and oxygen atoms in total.